The van der Waals surface area contributed by atoms with Gasteiger partial charge in [0.15, 0.2) is 0 Å². The van der Waals surface area contributed by atoms with E-state index < -0.39 is 5.97 Å². The molecule has 0 heterocycles. The fourth-order valence-electron chi connectivity index (χ4n) is 1.54. The highest BCUT2D eigenvalue weighted by atomic mass is 16.5. The summed E-state index contributed by atoms with van der Waals surface area (Å²) < 4.78 is 5.16. The van der Waals surface area contributed by atoms with E-state index in [2.05, 4.69) is 0 Å². The number of nitrogens with zero attached hydrogens (tertiary/aromatic N) is 1. The van der Waals surface area contributed by atoms with Crippen LogP contribution in [0.5, 0.6) is 5.75 Å². The van der Waals surface area contributed by atoms with E-state index in [1.54, 1.807) is 25.1 Å². The molecule has 17 heavy (non-hydrogen) atoms. The van der Waals surface area contributed by atoms with Crippen LogP contribution in [0.1, 0.15) is 18.1 Å². The number of nitriles is 1. The van der Waals surface area contributed by atoms with E-state index in [4.69, 9.17) is 15.1 Å². The molecule has 0 aliphatic heterocycles. The molecule has 1 N–H and O–H groups in total. The molecule has 88 valence electrons. The zero-order chi connectivity index (χ0) is 13.0. The molecular weight excluding hydrogens is 218 g/mol. The molecule has 0 aliphatic rings. The van der Waals surface area contributed by atoms with Crippen LogP contribution in [0.3, 0.4) is 0 Å². The van der Waals surface area contributed by atoms with Gasteiger partial charge in [-0.3, -0.25) is 0 Å². The third kappa shape index (κ3) is 2.64. The van der Waals surface area contributed by atoms with Crippen molar-refractivity contribution < 1.29 is 14.6 Å². The lowest BCUT2D eigenvalue weighted by Crippen LogP contribution is -2.02. The topological polar surface area (TPSA) is 70.3 Å². The van der Waals surface area contributed by atoms with Gasteiger partial charge in [0.05, 0.1) is 7.11 Å². The summed E-state index contributed by atoms with van der Waals surface area (Å²) in [6.07, 6.45) is 0. The second kappa shape index (κ2) is 5.17. The quantitative estimate of drug-likeness (QED) is 0.640. The second-order valence-corrected chi connectivity index (χ2v) is 3.62. The number of benzene rings is 1. The molecule has 1 aromatic carbocycles. The fourth-order valence-corrected chi connectivity index (χ4v) is 1.54. The van der Waals surface area contributed by atoms with Crippen LogP contribution in [0.25, 0.3) is 5.57 Å². The summed E-state index contributed by atoms with van der Waals surface area (Å²) in [5, 5.41) is 17.7. The van der Waals surface area contributed by atoms with E-state index >= 15 is 0 Å². The Morgan fingerprint density at radius 3 is 2.59 bits per heavy atom. The third-order valence-corrected chi connectivity index (χ3v) is 2.46. The first-order valence-electron chi connectivity index (χ1n) is 5.00. The van der Waals surface area contributed by atoms with Crippen LogP contribution in [0.15, 0.2) is 23.8 Å². The minimum absolute atomic E-state index is 0.270. The molecule has 4 nitrogen and oxygen atoms in total. The Bertz CT molecular complexity index is 524. The number of rotatable bonds is 3. The maximum Gasteiger partial charge on any atom is 0.346 e. The van der Waals surface area contributed by atoms with Crippen LogP contribution in [0.2, 0.25) is 0 Å². The number of carboxylic acid groups (broad SMARTS) is 1. The van der Waals surface area contributed by atoms with Crippen molar-refractivity contribution in [3.8, 4) is 11.8 Å². The lowest BCUT2D eigenvalue weighted by atomic mass is 9.99. The fraction of sp³-hybridized carbons (Fsp3) is 0.231. The van der Waals surface area contributed by atoms with Crippen molar-refractivity contribution in [2.45, 2.75) is 13.8 Å². The van der Waals surface area contributed by atoms with Crippen LogP contribution in [0, 0.1) is 18.3 Å². The number of methoxy groups -OCH3 is 1. The Kier molecular flexibility index (Phi) is 3.89. The summed E-state index contributed by atoms with van der Waals surface area (Å²) in [5.41, 5.74) is 1.74. The smallest absolute Gasteiger partial charge is 0.346 e. The van der Waals surface area contributed by atoms with Gasteiger partial charge in [-0.1, -0.05) is 11.6 Å². The van der Waals surface area contributed by atoms with Gasteiger partial charge >= 0.3 is 5.97 Å². The molecule has 1 aromatic rings. The van der Waals surface area contributed by atoms with Crippen LogP contribution >= 0.6 is 0 Å². The molecule has 0 spiro atoms. The molecule has 0 atom stereocenters. The standard InChI is InChI=1S/C13H13NO3/c1-8-4-5-12(17-3)10(6-8)9(2)11(7-14)13(15)16/h4-6H,1-3H3,(H,15,16)/b11-9+. The number of hydrogen-bond donors (Lipinski definition) is 1. The molecule has 0 radical (unpaired) electrons. The van der Waals surface area contributed by atoms with Crippen molar-refractivity contribution in [2.24, 2.45) is 0 Å². The van der Waals surface area contributed by atoms with Gasteiger partial charge in [0.2, 0.25) is 0 Å². The minimum Gasteiger partial charge on any atom is -0.496 e. The molecule has 0 fully saturated rings. The summed E-state index contributed by atoms with van der Waals surface area (Å²) in [6, 6.07) is 7.11. The summed E-state index contributed by atoms with van der Waals surface area (Å²) in [6.45, 7) is 3.49. The molecule has 0 aromatic heterocycles. The van der Waals surface area contributed by atoms with Gasteiger partial charge in [-0.15, -0.1) is 0 Å². The van der Waals surface area contributed by atoms with Crippen LogP contribution < -0.4 is 4.74 Å². The van der Waals surface area contributed by atoms with E-state index in [1.165, 1.54) is 7.11 Å². The summed E-state index contributed by atoms with van der Waals surface area (Å²) in [4.78, 5) is 10.9. The number of carbonyl (C=O) groups is 1. The number of ether oxygens (including phenoxy) is 1. The zero-order valence-corrected chi connectivity index (χ0v) is 9.94. The van der Waals surface area contributed by atoms with Crippen molar-refractivity contribution in [3.63, 3.8) is 0 Å². The Balaban J connectivity index is 3.48. The largest absolute Gasteiger partial charge is 0.496 e. The average Bonchev–Trinajstić information content (AvgIpc) is 2.29. The maximum absolute atomic E-state index is 10.9. The van der Waals surface area contributed by atoms with Gasteiger partial charge < -0.3 is 9.84 Å². The Morgan fingerprint density at radius 2 is 2.12 bits per heavy atom. The van der Waals surface area contributed by atoms with Crippen LogP contribution in [0.4, 0.5) is 0 Å². The van der Waals surface area contributed by atoms with Crippen molar-refractivity contribution >= 4 is 11.5 Å². The van der Waals surface area contributed by atoms with E-state index in [0.29, 0.717) is 16.9 Å². The number of allylic oxidation sites excluding steroid dienone is 1. The van der Waals surface area contributed by atoms with Gasteiger partial charge in [0.1, 0.15) is 17.4 Å². The van der Waals surface area contributed by atoms with Crippen molar-refractivity contribution in [2.75, 3.05) is 7.11 Å². The molecule has 0 bridgehead atoms. The maximum atomic E-state index is 10.9. The molecule has 0 saturated heterocycles. The second-order valence-electron chi connectivity index (χ2n) is 3.62. The van der Waals surface area contributed by atoms with Crippen LogP contribution in [-0.4, -0.2) is 18.2 Å². The molecule has 0 unspecified atom stereocenters. The number of aryl methyl sites for hydroxylation is 1. The Labute approximate surface area is 99.8 Å². The monoisotopic (exact) mass is 231 g/mol. The average molecular weight is 231 g/mol. The van der Waals surface area contributed by atoms with Crippen molar-refractivity contribution in [1.82, 2.24) is 0 Å². The van der Waals surface area contributed by atoms with E-state index in [0.717, 1.165) is 5.56 Å². The van der Waals surface area contributed by atoms with E-state index in [1.807, 2.05) is 13.0 Å². The normalized spacial score (nSPS) is 11.4. The molecular formula is C13H13NO3. The molecule has 0 amide bonds. The summed E-state index contributed by atoms with van der Waals surface area (Å²) in [7, 11) is 1.51. The predicted octanol–water partition coefficient (Wildman–Crippen LogP) is 2.39. The summed E-state index contributed by atoms with van der Waals surface area (Å²) >= 11 is 0. The predicted molar refractivity (Wildman–Crippen MR) is 63.6 cm³/mol. The van der Waals surface area contributed by atoms with Gasteiger partial charge in [0.25, 0.3) is 0 Å². The number of aliphatic carboxylic acids is 1. The number of carboxylic acids is 1. The highest BCUT2D eigenvalue weighted by Gasteiger charge is 2.15. The molecule has 0 aliphatic carbocycles. The van der Waals surface area contributed by atoms with Crippen LogP contribution in [-0.2, 0) is 4.79 Å². The highest BCUT2D eigenvalue weighted by Crippen LogP contribution is 2.28. The number of hydrogen-bond acceptors (Lipinski definition) is 3. The highest BCUT2D eigenvalue weighted by molar-refractivity contribution is 6.00. The molecule has 4 heteroatoms. The van der Waals surface area contributed by atoms with E-state index in [-0.39, 0.29) is 5.57 Å². The summed E-state index contributed by atoms with van der Waals surface area (Å²) in [5.74, 6) is -0.671. The lowest BCUT2D eigenvalue weighted by Gasteiger charge is -2.10. The molecule has 0 saturated carbocycles. The lowest BCUT2D eigenvalue weighted by molar-refractivity contribution is -0.132. The third-order valence-electron chi connectivity index (χ3n) is 2.46. The van der Waals surface area contributed by atoms with Gasteiger partial charge in [-0.05, 0) is 31.6 Å². The van der Waals surface area contributed by atoms with E-state index in [9.17, 15) is 4.79 Å². The SMILES string of the molecule is COc1ccc(C)cc1/C(C)=C(\C#N)C(=O)O. The van der Waals surface area contributed by atoms with Gasteiger partial charge in [0, 0.05) is 5.56 Å². The first-order chi connectivity index (χ1) is 8.01. The first-order valence-corrected chi connectivity index (χ1v) is 5.00. The Hall–Kier alpha value is -2.28. The van der Waals surface area contributed by atoms with Crippen molar-refractivity contribution in [3.05, 3.63) is 34.9 Å². The zero-order valence-electron chi connectivity index (χ0n) is 9.94. The molecule has 1 rings (SSSR count). The van der Waals surface area contributed by atoms with Gasteiger partial charge in [-0.2, -0.15) is 5.26 Å². The van der Waals surface area contributed by atoms with Crippen molar-refractivity contribution in [1.29, 1.82) is 5.26 Å². The first kappa shape index (κ1) is 12.8. The van der Waals surface area contributed by atoms with Gasteiger partial charge in [-0.25, -0.2) is 4.79 Å². The minimum atomic E-state index is -1.23. The Morgan fingerprint density at radius 1 is 1.47 bits per heavy atom.